The lowest BCUT2D eigenvalue weighted by molar-refractivity contribution is 0.315. The molecule has 0 radical (unpaired) electrons. The molecular formula is C16H28N2O2S. The van der Waals surface area contributed by atoms with E-state index in [2.05, 4.69) is 5.32 Å². The maximum Gasteiger partial charge on any atom is 0.243 e. The molecule has 1 rings (SSSR count). The van der Waals surface area contributed by atoms with E-state index in [1.165, 1.54) is 4.31 Å². The van der Waals surface area contributed by atoms with Gasteiger partial charge >= 0.3 is 0 Å². The van der Waals surface area contributed by atoms with Crippen molar-refractivity contribution in [2.45, 2.75) is 52.1 Å². The number of nitrogens with one attached hydrogen (secondary N) is 1. The molecule has 4 nitrogen and oxygen atoms in total. The summed E-state index contributed by atoms with van der Waals surface area (Å²) in [5.41, 5.74) is 2.83. The van der Waals surface area contributed by atoms with Gasteiger partial charge in [0, 0.05) is 19.6 Å². The van der Waals surface area contributed by atoms with E-state index in [-0.39, 0.29) is 12.0 Å². The second-order valence-corrected chi connectivity index (χ2v) is 8.04. The quantitative estimate of drug-likeness (QED) is 0.878. The van der Waals surface area contributed by atoms with Gasteiger partial charge in [-0.15, -0.1) is 0 Å². The first-order valence-electron chi connectivity index (χ1n) is 7.35. The van der Waals surface area contributed by atoms with Crippen molar-refractivity contribution in [3.63, 3.8) is 0 Å². The van der Waals surface area contributed by atoms with Crippen LogP contribution in [-0.4, -0.2) is 32.9 Å². The highest BCUT2D eigenvalue weighted by Crippen LogP contribution is 2.26. The van der Waals surface area contributed by atoms with Crippen LogP contribution in [0.2, 0.25) is 0 Å². The third-order valence-electron chi connectivity index (χ3n) is 4.26. The standard InChI is InChI=1S/C16H28N2O2S/c1-11(2)14(5)18(7)21(19,20)16-9-15(10-17-6)8-12(3)13(16)4/h8-9,11,14,17H,10H2,1-7H3. The van der Waals surface area contributed by atoms with Gasteiger partial charge in [-0.25, -0.2) is 8.42 Å². The van der Waals surface area contributed by atoms with Crippen LogP contribution in [0.1, 0.15) is 37.5 Å². The van der Waals surface area contributed by atoms with E-state index in [1.54, 1.807) is 13.1 Å². The molecule has 0 fully saturated rings. The van der Waals surface area contributed by atoms with Crippen LogP contribution < -0.4 is 5.32 Å². The Kier molecular flexibility index (Phi) is 5.96. The first-order valence-corrected chi connectivity index (χ1v) is 8.79. The summed E-state index contributed by atoms with van der Waals surface area (Å²) in [5, 5.41) is 3.07. The van der Waals surface area contributed by atoms with E-state index < -0.39 is 10.0 Å². The number of nitrogens with zero attached hydrogens (tertiary/aromatic N) is 1. The lowest BCUT2D eigenvalue weighted by Crippen LogP contribution is -2.38. The summed E-state index contributed by atoms with van der Waals surface area (Å²) >= 11 is 0. The van der Waals surface area contributed by atoms with E-state index in [1.807, 2.05) is 47.7 Å². The van der Waals surface area contributed by atoms with Gasteiger partial charge in [0.25, 0.3) is 0 Å². The highest BCUT2D eigenvalue weighted by molar-refractivity contribution is 7.89. The van der Waals surface area contributed by atoms with Crippen LogP contribution in [0.4, 0.5) is 0 Å². The summed E-state index contributed by atoms with van der Waals surface area (Å²) < 4.78 is 27.3. The van der Waals surface area contributed by atoms with Gasteiger partial charge in [-0.3, -0.25) is 0 Å². The molecule has 0 aliphatic carbocycles. The molecule has 0 aliphatic heterocycles. The zero-order valence-corrected chi connectivity index (χ0v) is 15.0. The van der Waals surface area contributed by atoms with Crippen molar-refractivity contribution in [2.24, 2.45) is 5.92 Å². The Balaban J connectivity index is 3.37. The van der Waals surface area contributed by atoms with Gasteiger partial charge in [-0.2, -0.15) is 4.31 Å². The minimum atomic E-state index is -3.47. The molecule has 0 saturated carbocycles. The third kappa shape index (κ3) is 3.84. The average molecular weight is 312 g/mol. The smallest absolute Gasteiger partial charge is 0.243 e. The summed E-state index contributed by atoms with van der Waals surface area (Å²) in [6, 6.07) is 3.79. The minimum Gasteiger partial charge on any atom is -0.316 e. The molecule has 1 unspecified atom stereocenters. The lowest BCUT2D eigenvalue weighted by Gasteiger charge is -2.28. The molecule has 5 heteroatoms. The number of sulfonamides is 1. The van der Waals surface area contributed by atoms with Crippen molar-refractivity contribution in [3.8, 4) is 0 Å². The van der Waals surface area contributed by atoms with Crippen LogP contribution in [0.5, 0.6) is 0 Å². The van der Waals surface area contributed by atoms with Crippen LogP contribution in [0.15, 0.2) is 17.0 Å². The van der Waals surface area contributed by atoms with E-state index in [4.69, 9.17) is 0 Å². The molecule has 0 bridgehead atoms. The summed E-state index contributed by atoms with van der Waals surface area (Å²) in [5.74, 6) is 0.270. The summed E-state index contributed by atoms with van der Waals surface area (Å²) in [7, 11) is 0.0520. The van der Waals surface area contributed by atoms with Crippen molar-refractivity contribution < 1.29 is 8.42 Å². The van der Waals surface area contributed by atoms with Gasteiger partial charge in [-0.1, -0.05) is 19.9 Å². The molecule has 0 heterocycles. The van der Waals surface area contributed by atoms with Crippen LogP contribution in [0.3, 0.4) is 0 Å². The van der Waals surface area contributed by atoms with E-state index in [0.717, 1.165) is 16.7 Å². The summed E-state index contributed by atoms with van der Waals surface area (Å²) in [6.07, 6.45) is 0. The fraction of sp³-hybridized carbons (Fsp3) is 0.625. The van der Waals surface area contributed by atoms with Crippen LogP contribution in [0.25, 0.3) is 0 Å². The number of hydrogen-bond acceptors (Lipinski definition) is 3. The van der Waals surface area contributed by atoms with Gasteiger partial charge in [-0.05, 0) is 56.5 Å². The Morgan fingerprint density at radius 3 is 2.24 bits per heavy atom. The molecule has 0 spiro atoms. The molecule has 0 aliphatic rings. The van der Waals surface area contributed by atoms with Crippen molar-refractivity contribution >= 4 is 10.0 Å². The van der Waals surface area contributed by atoms with Gasteiger partial charge in [0.1, 0.15) is 0 Å². The Morgan fingerprint density at radius 1 is 1.19 bits per heavy atom. The third-order valence-corrected chi connectivity index (χ3v) is 6.33. The highest BCUT2D eigenvalue weighted by atomic mass is 32.2. The highest BCUT2D eigenvalue weighted by Gasteiger charge is 2.29. The fourth-order valence-corrected chi connectivity index (χ4v) is 4.11. The summed E-state index contributed by atoms with van der Waals surface area (Å²) in [6.45, 7) is 10.5. The Hall–Kier alpha value is -0.910. The van der Waals surface area contributed by atoms with E-state index in [9.17, 15) is 8.42 Å². The molecule has 1 N–H and O–H groups in total. The summed E-state index contributed by atoms with van der Waals surface area (Å²) in [4.78, 5) is 0.419. The average Bonchev–Trinajstić information content (AvgIpc) is 2.40. The zero-order chi connectivity index (χ0) is 16.4. The SMILES string of the molecule is CNCc1cc(C)c(C)c(S(=O)(=O)N(C)C(C)C(C)C)c1. The maximum atomic E-state index is 12.9. The molecule has 0 amide bonds. The molecule has 1 aromatic carbocycles. The lowest BCUT2D eigenvalue weighted by atomic mass is 10.1. The van der Waals surface area contributed by atoms with Crippen LogP contribution >= 0.6 is 0 Å². The monoisotopic (exact) mass is 312 g/mol. The number of aryl methyl sites for hydroxylation is 1. The molecule has 1 aromatic rings. The zero-order valence-electron chi connectivity index (χ0n) is 14.2. The predicted octanol–water partition coefficient (Wildman–Crippen LogP) is 2.69. The number of rotatable bonds is 6. The number of benzene rings is 1. The molecule has 21 heavy (non-hydrogen) atoms. The van der Waals surface area contributed by atoms with Gasteiger partial charge in [0.15, 0.2) is 0 Å². The molecule has 0 aromatic heterocycles. The van der Waals surface area contributed by atoms with Gasteiger partial charge < -0.3 is 5.32 Å². The molecule has 0 saturated heterocycles. The molecule has 1 atom stereocenters. The second-order valence-electron chi connectivity index (χ2n) is 6.07. The van der Waals surface area contributed by atoms with E-state index in [0.29, 0.717) is 11.4 Å². The van der Waals surface area contributed by atoms with Gasteiger partial charge in [0.05, 0.1) is 4.90 Å². The van der Waals surface area contributed by atoms with Crippen molar-refractivity contribution in [2.75, 3.05) is 14.1 Å². The largest absolute Gasteiger partial charge is 0.316 e. The van der Waals surface area contributed by atoms with E-state index >= 15 is 0 Å². The van der Waals surface area contributed by atoms with Crippen LogP contribution in [0, 0.1) is 19.8 Å². The maximum absolute atomic E-state index is 12.9. The van der Waals surface area contributed by atoms with Crippen LogP contribution in [-0.2, 0) is 16.6 Å². The molecular weight excluding hydrogens is 284 g/mol. The fourth-order valence-electron chi connectivity index (χ4n) is 2.27. The van der Waals surface area contributed by atoms with Crippen molar-refractivity contribution in [1.82, 2.24) is 9.62 Å². The number of hydrogen-bond donors (Lipinski definition) is 1. The van der Waals surface area contributed by atoms with Crippen molar-refractivity contribution in [1.29, 1.82) is 0 Å². The van der Waals surface area contributed by atoms with Gasteiger partial charge in [0.2, 0.25) is 10.0 Å². The normalized spacial score (nSPS) is 14.0. The molecule has 120 valence electrons. The Bertz CT molecular complexity index is 595. The topological polar surface area (TPSA) is 49.4 Å². The second kappa shape index (κ2) is 6.90. The Morgan fingerprint density at radius 2 is 1.76 bits per heavy atom. The first kappa shape index (κ1) is 18.1. The first-order chi connectivity index (χ1) is 9.62. The van der Waals surface area contributed by atoms with Crippen molar-refractivity contribution in [3.05, 3.63) is 28.8 Å². The minimum absolute atomic E-state index is 0.0392. The predicted molar refractivity (Wildman–Crippen MR) is 87.9 cm³/mol. The Labute approximate surface area is 129 Å².